The molecule has 5 nitrogen and oxygen atoms in total. The van der Waals surface area contributed by atoms with Gasteiger partial charge in [0.15, 0.2) is 0 Å². The highest BCUT2D eigenvalue weighted by atomic mass is 32.3. The smallest absolute Gasteiger partial charge is 0.370 e. The third kappa shape index (κ3) is 19.6. The summed E-state index contributed by atoms with van der Waals surface area (Å²) in [5, 5.41) is 6.50. The van der Waals surface area contributed by atoms with Crippen molar-refractivity contribution in [3.8, 4) is 6.57 Å². The Morgan fingerprint density at radius 1 is 1.67 bits per heavy atom. The Kier molecular flexibility index (Phi) is 6.12. The molecule has 0 aromatic carbocycles. The van der Waals surface area contributed by atoms with Crippen LogP contribution < -0.4 is 0 Å². The van der Waals surface area contributed by atoms with Gasteiger partial charge < -0.3 is 4.18 Å². The highest BCUT2D eigenvalue weighted by molar-refractivity contribution is 7.81. The second-order valence-electron chi connectivity index (χ2n) is 0.691. The van der Waals surface area contributed by atoms with Crippen molar-refractivity contribution in [3.05, 3.63) is 12.8 Å². The summed E-state index contributed by atoms with van der Waals surface area (Å²) in [7, 11) is -4.29. The van der Waals surface area contributed by atoms with Crippen molar-refractivity contribution >= 4 is 10.4 Å². The van der Waals surface area contributed by atoms with Crippen LogP contribution in [0.2, 0.25) is 0 Å². The molecule has 0 aliphatic carbocycles. The minimum absolute atomic E-state index is 0.620. The predicted octanol–water partition coefficient (Wildman–Crippen LogP) is 0.0891. The molecule has 0 aromatic heterocycles. The summed E-state index contributed by atoms with van der Waals surface area (Å²) in [4.78, 5) is 0. The quantitative estimate of drug-likeness (QED) is 0.446. The summed E-state index contributed by atoms with van der Waals surface area (Å²) in [6.45, 7) is 6.38. The first kappa shape index (κ1) is 10.8. The van der Waals surface area contributed by atoms with Gasteiger partial charge in [-0.1, -0.05) is 6.58 Å². The molecule has 0 heterocycles. The fraction of sp³-hybridized carbons (Fsp3) is 0. The van der Waals surface area contributed by atoms with E-state index in [1.807, 2.05) is 0 Å². The Balaban J connectivity index is 0. The molecule has 9 heavy (non-hydrogen) atoms. The van der Waals surface area contributed by atoms with E-state index < -0.39 is 10.4 Å². The Labute approximate surface area is 53.1 Å². The first-order valence-corrected chi connectivity index (χ1v) is 2.95. The SMILES string of the molecule is C#N.C=COS(=O)(=O)O. The minimum Gasteiger partial charge on any atom is -0.370 e. The van der Waals surface area contributed by atoms with E-state index in [1.54, 1.807) is 0 Å². The molecule has 0 amide bonds. The van der Waals surface area contributed by atoms with E-state index in [4.69, 9.17) is 9.81 Å². The first-order chi connectivity index (χ1) is 4.06. The lowest BCUT2D eigenvalue weighted by molar-refractivity contribution is 0.357. The van der Waals surface area contributed by atoms with Crippen molar-refractivity contribution < 1.29 is 17.2 Å². The van der Waals surface area contributed by atoms with Crippen LogP contribution >= 0.6 is 0 Å². The van der Waals surface area contributed by atoms with Crippen LogP contribution in [0.3, 0.4) is 0 Å². The van der Waals surface area contributed by atoms with Crippen molar-refractivity contribution in [1.29, 1.82) is 5.26 Å². The van der Waals surface area contributed by atoms with Crippen LogP contribution in [-0.4, -0.2) is 13.0 Å². The van der Waals surface area contributed by atoms with Crippen molar-refractivity contribution in [2.45, 2.75) is 0 Å². The minimum atomic E-state index is -4.29. The van der Waals surface area contributed by atoms with E-state index in [2.05, 4.69) is 17.3 Å². The van der Waals surface area contributed by atoms with Gasteiger partial charge in [-0.05, 0) is 0 Å². The zero-order chi connectivity index (χ0) is 7.91. The maximum Gasteiger partial charge on any atom is 0.445 e. The second-order valence-corrected chi connectivity index (χ2v) is 1.74. The van der Waals surface area contributed by atoms with Crippen molar-refractivity contribution in [1.82, 2.24) is 0 Å². The molecule has 0 saturated heterocycles. The molecular weight excluding hydrogens is 146 g/mol. The molecule has 0 aliphatic rings. The van der Waals surface area contributed by atoms with Crippen LogP contribution in [0.1, 0.15) is 0 Å². The number of rotatable bonds is 2. The molecule has 0 radical (unpaired) electrons. The summed E-state index contributed by atoms with van der Waals surface area (Å²) in [5.41, 5.74) is 0. The molecule has 0 atom stereocenters. The van der Waals surface area contributed by atoms with Crippen LogP contribution in [0.5, 0.6) is 0 Å². The average molecular weight is 151 g/mol. The van der Waals surface area contributed by atoms with Crippen LogP contribution in [-0.2, 0) is 14.6 Å². The molecule has 0 bridgehead atoms. The van der Waals surface area contributed by atoms with Gasteiger partial charge >= 0.3 is 10.4 Å². The number of nitrogens with zero attached hydrogens (tertiary/aromatic N) is 1. The van der Waals surface area contributed by atoms with Crippen molar-refractivity contribution in [2.75, 3.05) is 0 Å². The number of nitriles is 1. The van der Waals surface area contributed by atoms with Crippen LogP contribution in [0.15, 0.2) is 12.8 Å². The standard InChI is InChI=1S/C2H4O4S.CHN/c1-2-6-7(3,4)5;1-2/h2H,1H2,(H,3,4,5);1H. The van der Waals surface area contributed by atoms with E-state index in [-0.39, 0.29) is 0 Å². The van der Waals surface area contributed by atoms with Crippen molar-refractivity contribution in [3.63, 3.8) is 0 Å². The Bertz CT molecular complexity index is 179. The normalized spacial score (nSPS) is 8.33. The Morgan fingerprint density at radius 3 is 2.00 bits per heavy atom. The molecule has 0 unspecified atom stereocenters. The maximum atomic E-state index is 9.49. The summed E-state index contributed by atoms with van der Waals surface area (Å²) in [5.74, 6) is 0. The van der Waals surface area contributed by atoms with Gasteiger partial charge in [-0.15, -0.1) is 0 Å². The zero-order valence-electron chi connectivity index (χ0n) is 4.39. The second kappa shape index (κ2) is 5.08. The van der Waals surface area contributed by atoms with Crippen LogP contribution in [0, 0.1) is 11.8 Å². The molecule has 0 aliphatic heterocycles. The molecule has 0 saturated carbocycles. The van der Waals surface area contributed by atoms with Gasteiger partial charge in [-0.3, -0.25) is 4.55 Å². The van der Waals surface area contributed by atoms with Gasteiger partial charge in [-0.25, -0.2) is 5.26 Å². The van der Waals surface area contributed by atoms with Crippen LogP contribution in [0.25, 0.3) is 0 Å². The fourth-order valence-corrected chi connectivity index (χ4v) is 0.258. The van der Waals surface area contributed by atoms with Crippen LogP contribution in [0.4, 0.5) is 0 Å². The molecule has 0 aromatic rings. The molecule has 6 heteroatoms. The fourth-order valence-electron chi connectivity index (χ4n) is 0.0860. The van der Waals surface area contributed by atoms with E-state index in [0.717, 1.165) is 0 Å². The van der Waals surface area contributed by atoms with Gasteiger partial charge in [0.25, 0.3) is 0 Å². The zero-order valence-corrected chi connectivity index (χ0v) is 5.21. The van der Waals surface area contributed by atoms with E-state index in [0.29, 0.717) is 6.26 Å². The molecule has 0 spiro atoms. The van der Waals surface area contributed by atoms with Crippen molar-refractivity contribution in [2.24, 2.45) is 0 Å². The van der Waals surface area contributed by atoms with Gasteiger partial charge in [0.1, 0.15) is 6.26 Å². The third-order valence-corrected chi connectivity index (χ3v) is 0.569. The number of hydrogen-bond acceptors (Lipinski definition) is 4. The van der Waals surface area contributed by atoms with Gasteiger partial charge in [0, 0.05) is 6.57 Å². The van der Waals surface area contributed by atoms with Gasteiger partial charge in [0.2, 0.25) is 0 Å². The Hall–Kier alpha value is -1.06. The van der Waals surface area contributed by atoms with E-state index in [9.17, 15) is 8.42 Å². The third-order valence-electron chi connectivity index (χ3n) is 0.190. The van der Waals surface area contributed by atoms with Gasteiger partial charge in [0.05, 0.1) is 0 Å². The maximum absolute atomic E-state index is 9.49. The lowest BCUT2D eigenvalue weighted by Gasteiger charge is -1.86. The van der Waals surface area contributed by atoms with E-state index >= 15 is 0 Å². The largest absolute Gasteiger partial charge is 0.445 e. The monoisotopic (exact) mass is 151 g/mol. The summed E-state index contributed by atoms with van der Waals surface area (Å²) in [6, 6.07) is 0. The highest BCUT2D eigenvalue weighted by Crippen LogP contribution is 1.82. The topological polar surface area (TPSA) is 87.4 Å². The molecule has 1 N–H and O–H groups in total. The summed E-state index contributed by atoms with van der Waals surface area (Å²) in [6.07, 6.45) is 0.620. The lowest BCUT2D eigenvalue weighted by Crippen LogP contribution is -1.96. The van der Waals surface area contributed by atoms with Gasteiger partial charge in [-0.2, -0.15) is 8.42 Å². The first-order valence-electron chi connectivity index (χ1n) is 1.58. The molecule has 0 rings (SSSR count). The van der Waals surface area contributed by atoms with E-state index in [1.165, 1.54) is 0 Å². The highest BCUT2D eigenvalue weighted by Gasteiger charge is 1.96. The molecule has 52 valence electrons. The predicted molar refractivity (Wildman–Crippen MR) is 29.5 cm³/mol. The summed E-state index contributed by atoms with van der Waals surface area (Å²) < 4.78 is 30.2. The molecular formula is C3H5NO4S. The number of hydrogen-bond donors (Lipinski definition) is 1. The summed E-state index contributed by atoms with van der Waals surface area (Å²) >= 11 is 0. The molecule has 0 fully saturated rings. The lowest BCUT2D eigenvalue weighted by atomic mass is 11.2. The Morgan fingerprint density at radius 2 is 2.00 bits per heavy atom. The average Bonchev–Trinajstić information content (AvgIpc) is 1.69.